The van der Waals surface area contributed by atoms with Crippen LogP contribution in [0.3, 0.4) is 0 Å². The van der Waals surface area contributed by atoms with Crippen molar-refractivity contribution in [1.29, 1.82) is 0 Å². The number of nitrogens with zero attached hydrogens (tertiary/aromatic N) is 1. The molecule has 0 heterocycles. The van der Waals surface area contributed by atoms with Gasteiger partial charge in [-0.25, -0.2) is 0 Å². The lowest BCUT2D eigenvalue weighted by atomic mass is 10.1. The molecule has 0 aromatic heterocycles. The molecule has 5 nitrogen and oxygen atoms in total. The largest absolute Gasteiger partial charge is 0.355 e. The van der Waals surface area contributed by atoms with Gasteiger partial charge in [0.1, 0.15) is 0 Å². The van der Waals surface area contributed by atoms with E-state index in [2.05, 4.69) is 5.32 Å². The molecule has 0 saturated heterocycles. The van der Waals surface area contributed by atoms with Gasteiger partial charge in [0.2, 0.25) is 11.8 Å². The summed E-state index contributed by atoms with van der Waals surface area (Å²) in [6, 6.07) is 0. The summed E-state index contributed by atoms with van der Waals surface area (Å²) < 4.78 is 0. The smallest absolute Gasteiger partial charge is 0.239 e. The van der Waals surface area contributed by atoms with Crippen molar-refractivity contribution in [1.82, 2.24) is 10.2 Å². The standard InChI is InChI=1S/C12H25N3O2/c1-3-14-11(16)10-15(2)12(17)8-6-4-5-7-9-13/h3-10,13H2,1-2H3,(H,14,16). The second kappa shape index (κ2) is 10.1. The first-order valence-electron chi connectivity index (χ1n) is 6.32. The van der Waals surface area contributed by atoms with E-state index in [1.165, 1.54) is 4.90 Å². The third kappa shape index (κ3) is 8.68. The highest BCUT2D eigenvalue weighted by atomic mass is 16.2. The zero-order valence-electron chi connectivity index (χ0n) is 11.0. The highest BCUT2D eigenvalue weighted by molar-refractivity contribution is 5.84. The number of hydrogen-bond acceptors (Lipinski definition) is 3. The zero-order valence-corrected chi connectivity index (χ0v) is 11.0. The Morgan fingerprint density at radius 1 is 1.18 bits per heavy atom. The number of hydrogen-bond donors (Lipinski definition) is 2. The van der Waals surface area contributed by atoms with Gasteiger partial charge in [0.15, 0.2) is 0 Å². The minimum atomic E-state index is -0.105. The molecule has 0 aliphatic heterocycles. The Morgan fingerprint density at radius 2 is 1.82 bits per heavy atom. The maximum atomic E-state index is 11.6. The van der Waals surface area contributed by atoms with Crippen LogP contribution in [0, 0.1) is 0 Å². The van der Waals surface area contributed by atoms with Gasteiger partial charge in [-0.15, -0.1) is 0 Å². The minimum absolute atomic E-state index is 0.0315. The van der Waals surface area contributed by atoms with Crippen LogP contribution < -0.4 is 11.1 Å². The van der Waals surface area contributed by atoms with Gasteiger partial charge < -0.3 is 16.0 Å². The third-order valence-corrected chi connectivity index (χ3v) is 2.53. The SMILES string of the molecule is CCNC(=O)CN(C)C(=O)CCCCCCN. The number of rotatable bonds is 9. The summed E-state index contributed by atoms with van der Waals surface area (Å²) >= 11 is 0. The van der Waals surface area contributed by atoms with E-state index in [4.69, 9.17) is 5.73 Å². The molecule has 0 aromatic rings. The van der Waals surface area contributed by atoms with Gasteiger partial charge in [-0.3, -0.25) is 9.59 Å². The second-order valence-corrected chi connectivity index (χ2v) is 4.16. The average Bonchev–Trinajstić information content (AvgIpc) is 2.28. The minimum Gasteiger partial charge on any atom is -0.355 e. The van der Waals surface area contributed by atoms with Crippen LogP contribution in [0.4, 0.5) is 0 Å². The summed E-state index contributed by atoms with van der Waals surface area (Å²) in [5, 5.41) is 2.67. The van der Waals surface area contributed by atoms with Gasteiger partial charge in [0.05, 0.1) is 6.54 Å². The van der Waals surface area contributed by atoms with Gasteiger partial charge in [-0.05, 0) is 26.3 Å². The Kier molecular flexibility index (Phi) is 9.43. The van der Waals surface area contributed by atoms with E-state index >= 15 is 0 Å². The van der Waals surface area contributed by atoms with Crippen molar-refractivity contribution < 1.29 is 9.59 Å². The Labute approximate surface area is 104 Å². The molecule has 0 saturated carbocycles. The molecule has 100 valence electrons. The van der Waals surface area contributed by atoms with Crippen molar-refractivity contribution in [3.8, 4) is 0 Å². The molecule has 0 bridgehead atoms. The summed E-state index contributed by atoms with van der Waals surface area (Å²) in [6.45, 7) is 3.32. The molecule has 17 heavy (non-hydrogen) atoms. The fourth-order valence-electron chi connectivity index (χ4n) is 1.52. The summed E-state index contributed by atoms with van der Waals surface area (Å²) in [6.07, 6.45) is 4.50. The molecule has 0 aliphatic rings. The highest BCUT2D eigenvalue weighted by Gasteiger charge is 2.11. The second-order valence-electron chi connectivity index (χ2n) is 4.16. The Bertz CT molecular complexity index is 232. The summed E-state index contributed by atoms with van der Waals surface area (Å²) in [5.41, 5.74) is 5.38. The average molecular weight is 243 g/mol. The predicted octanol–water partition coefficient (Wildman–Crippen LogP) is 0.490. The number of nitrogens with two attached hydrogens (primary N) is 1. The number of carbonyl (C=O) groups excluding carboxylic acids is 2. The molecule has 0 aromatic carbocycles. The Morgan fingerprint density at radius 3 is 2.41 bits per heavy atom. The summed E-state index contributed by atoms with van der Waals surface area (Å²) in [5.74, 6) is -0.0736. The molecule has 0 spiro atoms. The fraction of sp³-hybridized carbons (Fsp3) is 0.833. The van der Waals surface area contributed by atoms with E-state index in [1.807, 2.05) is 6.92 Å². The van der Waals surface area contributed by atoms with Crippen LogP contribution in [0.25, 0.3) is 0 Å². The third-order valence-electron chi connectivity index (χ3n) is 2.53. The Balaban J connectivity index is 3.63. The van der Waals surface area contributed by atoms with Gasteiger partial charge >= 0.3 is 0 Å². The molecule has 0 unspecified atom stereocenters. The zero-order chi connectivity index (χ0) is 13.1. The van der Waals surface area contributed by atoms with E-state index in [1.54, 1.807) is 7.05 Å². The summed E-state index contributed by atoms with van der Waals surface area (Å²) in [7, 11) is 1.66. The molecular weight excluding hydrogens is 218 g/mol. The normalized spacial score (nSPS) is 10.1. The van der Waals surface area contributed by atoms with Crippen LogP contribution in [-0.2, 0) is 9.59 Å². The molecule has 0 atom stereocenters. The topological polar surface area (TPSA) is 75.4 Å². The number of nitrogens with one attached hydrogen (secondary N) is 1. The van der Waals surface area contributed by atoms with Gasteiger partial charge in [-0.1, -0.05) is 12.8 Å². The van der Waals surface area contributed by atoms with E-state index in [-0.39, 0.29) is 18.4 Å². The van der Waals surface area contributed by atoms with E-state index in [9.17, 15) is 9.59 Å². The van der Waals surface area contributed by atoms with Crippen molar-refractivity contribution in [2.45, 2.75) is 39.0 Å². The fourth-order valence-corrected chi connectivity index (χ4v) is 1.52. The van der Waals surface area contributed by atoms with Gasteiger partial charge in [-0.2, -0.15) is 0 Å². The molecule has 3 N–H and O–H groups in total. The number of unbranched alkanes of at least 4 members (excludes halogenated alkanes) is 3. The van der Waals surface area contributed by atoms with Crippen molar-refractivity contribution in [3.63, 3.8) is 0 Å². The quantitative estimate of drug-likeness (QED) is 0.579. The molecule has 2 amide bonds. The van der Waals surface area contributed by atoms with Crippen LogP contribution in [0.1, 0.15) is 39.0 Å². The first kappa shape index (κ1) is 15.9. The first-order chi connectivity index (χ1) is 8.11. The van der Waals surface area contributed by atoms with Crippen LogP contribution in [0.2, 0.25) is 0 Å². The molecule has 0 fully saturated rings. The van der Waals surface area contributed by atoms with Gasteiger partial charge in [0, 0.05) is 20.0 Å². The van der Waals surface area contributed by atoms with Crippen LogP contribution in [-0.4, -0.2) is 43.4 Å². The monoisotopic (exact) mass is 243 g/mol. The lowest BCUT2D eigenvalue weighted by molar-refractivity contribution is -0.134. The molecule has 0 radical (unpaired) electrons. The van der Waals surface area contributed by atoms with Crippen molar-refractivity contribution in [3.05, 3.63) is 0 Å². The van der Waals surface area contributed by atoms with Crippen molar-refractivity contribution in [2.24, 2.45) is 5.73 Å². The number of amides is 2. The molecule has 0 rings (SSSR count). The van der Waals surface area contributed by atoms with Gasteiger partial charge in [0.25, 0.3) is 0 Å². The first-order valence-corrected chi connectivity index (χ1v) is 6.32. The number of likely N-dealkylation sites (N-methyl/N-ethyl adjacent to an activating group) is 2. The van der Waals surface area contributed by atoms with Crippen LogP contribution in [0.5, 0.6) is 0 Å². The maximum absolute atomic E-state index is 11.6. The maximum Gasteiger partial charge on any atom is 0.239 e. The molecular formula is C12H25N3O2. The lowest BCUT2D eigenvalue weighted by Gasteiger charge is -2.16. The number of carbonyl (C=O) groups is 2. The van der Waals surface area contributed by atoms with Crippen LogP contribution in [0.15, 0.2) is 0 Å². The van der Waals surface area contributed by atoms with Crippen LogP contribution >= 0.6 is 0 Å². The Hall–Kier alpha value is -1.10. The van der Waals surface area contributed by atoms with E-state index in [0.717, 1.165) is 25.7 Å². The summed E-state index contributed by atoms with van der Waals surface area (Å²) in [4.78, 5) is 24.4. The van der Waals surface area contributed by atoms with E-state index < -0.39 is 0 Å². The lowest BCUT2D eigenvalue weighted by Crippen LogP contribution is -2.38. The van der Waals surface area contributed by atoms with Crippen molar-refractivity contribution >= 4 is 11.8 Å². The highest BCUT2D eigenvalue weighted by Crippen LogP contribution is 2.04. The predicted molar refractivity (Wildman–Crippen MR) is 68.5 cm³/mol. The van der Waals surface area contributed by atoms with Crippen molar-refractivity contribution in [2.75, 3.05) is 26.7 Å². The molecule has 0 aliphatic carbocycles. The molecule has 5 heteroatoms. The van der Waals surface area contributed by atoms with E-state index in [0.29, 0.717) is 19.5 Å².